The van der Waals surface area contributed by atoms with Crippen LogP contribution in [0, 0.1) is 5.82 Å². The van der Waals surface area contributed by atoms with E-state index < -0.39 is 17.6 Å². The maximum Gasteiger partial charge on any atom is 0.126 e. The van der Waals surface area contributed by atoms with Crippen LogP contribution in [-0.4, -0.2) is 23.9 Å². The molecule has 1 aliphatic rings. The first-order chi connectivity index (χ1) is 8.41. The second-order valence-corrected chi connectivity index (χ2v) is 5.40. The van der Waals surface area contributed by atoms with Crippen LogP contribution in [0.3, 0.4) is 0 Å². The molecule has 1 atom stereocenters. The van der Waals surface area contributed by atoms with E-state index in [4.69, 9.17) is 23.2 Å². The number of halogens is 4. The predicted octanol–water partition coefficient (Wildman–Crippen LogP) is 3.26. The molecular formula is C12H13Cl2F2NO. The van der Waals surface area contributed by atoms with Gasteiger partial charge in [0.25, 0.3) is 0 Å². The minimum atomic E-state index is -1.13. The summed E-state index contributed by atoms with van der Waals surface area (Å²) < 4.78 is 26.3. The summed E-state index contributed by atoms with van der Waals surface area (Å²) in [6.45, 7) is 0.317. The van der Waals surface area contributed by atoms with Gasteiger partial charge in [0, 0.05) is 18.7 Å². The summed E-state index contributed by atoms with van der Waals surface area (Å²) in [6.07, 6.45) is 0.107. The lowest BCUT2D eigenvalue weighted by atomic mass is 10.1. The van der Waals surface area contributed by atoms with Crippen LogP contribution in [0.5, 0.6) is 0 Å². The smallest absolute Gasteiger partial charge is 0.126 e. The molecular weight excluding hydrogens is 283 g/mol. The van der Waals surface area contributed by atoms with Gasteiger partial charge in [-0.2, -0.15) is 0 Å². The normalized spacial score (nSPS) is 18.7. The minimum Gasteiger partial charge on any atom is -0.387 e. The van der Waals surface area contributed by atoms with Gasteiger partial charge in [0.15, 0.2) is 0 Å². The van der Waals surface area contributed by atoms with Gasteiger partial charge in [0.05, 0.1) is 16.1 Å². The average molecular weight is 296 g/mol. The molecule has 0 saturated heterocycles. The van der Waals surface area contributed by atoms with Crippen LogP contribution in [0.1, 0.15) is 24.5 Å². The minimum absolute atomic E-state index is 0.0654. The van der Waals surface area contributed by atoms with Gasteiger partial charge < -0.3 is 10.4 Å². The molecule has 0 aliphatic heterocycles. The molecule has 0 heterocycles. The molecule has 1 fully saturated rings. The Kier molecular flexibility index (Phi) is 4.11. The van der Waals surface area contributed by atoms with Gasteiger partial charge in [-0.05, 0) is 25.0 Å². The van der Waals surface area contributed by atoms with Crippen molar-refractivity contribution >= 4 is 23.2 Å². The van der Waals surface area contributed by atoms with Crippen LogP contribution in [-0.2, 0) is 0 Å². The van der Waals surface area contributed by atoms with E-state index in [-0.39, 0.29) is 28.7 Å². The maximum absolute atomic E-state index is 13.3. The number of aliphatic hydroxyl groups excluding tert-OH is 1. The Morgan fingerprint density at radius 3 is 2.39 bits per heavy atom. The van der Waals surface area contributed by atoms with Gasteiger partial charge in [-0.1, -0.05) is 23.2 Å². The summed E-state index contributed by atoms with van der Waals surface area (Å²) in [5.74, 6) is -0.561. The molecule has 0 amide bonds. The highest BCUT2D eigenvalue weighted by Crippen LogP contribution is 2.39. The summed E-state index contributed by atoms with van der Waals surface area (Å²) in [4.78, 5) is 0. The molecule has 0 aromatic heterocycles. The molecule has 2 nitrogen and oxygen atoms in total. The van der Waals surface area contributed by atoms with E-state index in [0.717, 1.165) is 12.1 Å². The summed E-state index contributed by atoms with van der Waals surface area (Å²) in [5, 5.41) is 12.9. The van der Waals surface area contributed by atoms with Crippen molar-refractivity contribution in [2.45, 2.75) is 24.6 Å². The Bertz CT molecular complexity index is 429. The van der Waals surface area contributed by atoms with Gasteiger partial charge in [-0.3, -0.25) is 0 Å². The second-order valence-electron chi connectivity index (χ2n) is 4.58. The molecule has 1 aromatic carbocycles. The number of hydrogen-bond donors (Lipinski definition) is 2. The molecule has 6 heteroatoms. The lowest BCUT2D eigenvalue weighted by molar-refractivity contribution is 0.168. The van der Waals surface area contributed by atoms with Crippen molar-refractivity contribution in [3.05, 3.63) is 33.6 Å². The zero-order valence-corrected chi connectivity index (χ0v) is 11.0. The fourth-order valence-electron chi connectivity index (χ4n) is 1.72. The largest absolute Gasteiger partial charge is 0.387 e. The number of alkyl halides is 1. The van der Waals surface area contributed by atoms with Crippen molar-refractivity contribution < 1.29 is 13.9 Å². The molecule has 0 spiro atoms. The molecule has 2 rings (SSSR count). The Labute approximate surface area is 114 Å². The number of aliphatic hydroxyl groups is 1. The number of benzene rings is 1. The maximum atomic E-state index is 13.3. The van der Waals surface area contributed by atoms with Crippen molar-refractivity contribution in [1.82, 2.24) is 5.32 Å². The molecule has 100 valence electrons. The molecule has 1 saturated carbocycles. The molecule has 0 radical (unpaired) electrons. The standard InChI is InChI=1S/C12H13Cl2F2NO/c13-8-3-7(15)4-9(14)11(8)10(18)5-17-6-12(16)1-2-12/h3-4,10,17-18H,1-2,5-6H2. The molecule has 1 unspecified atom stereocenters. The lowest BCUT2D eigenvalue weighted by Gasteiger charge is -2.16. The van der Waals surface area contributed by atoms with E-state index in [9.17, 15) is 13.9 Å². The molecule has 0 bridgehead atoms. The SMILES string of the molecule is OC(CNCC1(F)CC1)c1c(Cl)cc(F)cc1Cl. The van der Waals surface area contributed by atoms with E-state index in [1.54, 1.807) is 0 Å². The third-order valence-electron chi connectivity index (χ3n) is 2.95. The van der Waals surface area contributed by atoms with Crippen molar-refractivity contribution in [1.29, 1.82) is 0 Å². The van der Waals surface area contributed by atoms with Crippen LogP contribution >= 0.6 is 23.2 Å². The monoisotopic (exact) mass is 295 g/mol. The first kappa shape index (κ1) is 14.0. The summed E-state index contributed by atoms with van der Waals surface area (Å²) in [5.41, 5.74) is -0.869. The third-order valence-corrected chi connectivity index (χ3v) is 3.57. The van der Waals surface area contributed by atoms with Crippen LogP contribution in [0.2, 0.25) is 10.0 Å². The Hall–Kier alpha value is -0.420. The number of rotatable bonds is 5. The van der Waals surface area contributed by atoms with Crippen LogP contribution < -0.4 is 5.32 Å². The molecule has 2 N–H and O–H groups in total. The molecule has 18 heavy (non-hydrogen) atoms. The average Bonchev–Trinajstić information content (AvgIpc) is 2.94. The van der Waals surface area contributed by atoms with Gasteiger partial charge >= 0.3 is 0 Å². The first-order valence-electron chi connectivity index (χ1n) is 5.63. The summed E-state index contributed by atoms with van der Waals surface area (Å²) in [6, 6.07) is 2.17. The predicted molar refractivity (Wildman–Crippen MR) is 67.3 cm³/mol. The fourth-order valence-corrected chi connectivity index (χ4v) is 2.43. The highest BCUT2D eigenvalue weighted by Gasteiger charge is 2.42. The topological polar surface area (TPSA) is 32.3 Å². The van der Waals surface area contributed by atoms with Crippen molar-refractivity contribution in [3.63, 3.8) is 0 Å². The van der Waals surface area contributed by atoms with E-state index in [1.165, 1.54) is 0 Å². The highest BCUT2D eigenvalue weighted by atomic mass is 35.5. The van der Waals surface area contributed by atoms with E-state index in [0.29, 0.717) is 12.8 Å². The first-order valence-corrected chi connectivity index (χ1v) is 6.39. The van der Waals surface area contributed by atoms with Crippen LogP contribution in [0.15, 0.2) is 12.1 Å². The van der Waals surface area contributed by atoms with Gasteiger partial charge in [-0.25, -0.2) is 8.78 Å². The van der Waals surface area contributed by atoms with E-state index in [2.05, 4.69) is 5.32 Å². The van der Waals surface area contributed by atoms with Gasteiger partial charge in [0.2, 0.25) is 0 Å². The highest BCUT2D eigenvalue weighted by molar-refractivity contribution is 6.36. The summed E-state index contributed by atoms with van der Waals surface area (Å²) in [7, 11) is 0. The van der Waals surface area contributed by atoms with Crippen LogP contribution in [0.25, 0.3) is 0 Å². The van der Waals surface area contributed by atoms with Crippen molar-refractivity contribution in [3.8, 4) is 0 Å². The fraction of sp³-hybridized carbons (Fsp3) is 0.500. The van der Waals surface area contributed by atoms with Crippen molar-refractivity contribution in [2.75, 3.05) is 13.1 Å². The van der Waals surface area contributed by atoms with Gasteiger partial charge in [0.1, 0.15) is 11.5 Å². The molecule has 1 aromatic rings. The third kappa shape index (κ3) is 3.32. The Balaban J connectivity index is 1.97. The van der Waals surface area contributed by atoms with Gasteiger partial charge in [-0.15, -0.1) is 0 Å². The number of hydrogen-bond acceptors (Lipinski definition) is 2. The zero-order chi connectivity index (χ0) is 13.3. The quantitative estimate of drug-likeness (QED) is 0.874. The molecule has 1 aliphatic carbocycles. The zero-order valence-electron chi connectivity index (χ0n) is 9.52. The van der Waals surface area contributed by atoms with Crippen LogP contribution in [0.4, 0.5) is 8.78 Å². The Morgan fingerprint density at radius 1 is 1.33 bits per heavy atom. The lowest BCUT2D eigenvalue weighted by Crippen LogP contribution is -2.29. The van der Waals surface area contributed by atoms with Crippen molar-refractivity contribution in [2.24, 2.45) is 0 Å². The Morgan fingerprint density at radius 2 is 1.89 bits per heavy atom. The second kappa shape index (κ2) is 5.29. The van der Waals surface area contributed by atoms with E-state index >= 15 is 0 Å². The van der Waals surface area contributed by atoms with E-state index in [1.807, 2.05) is 0 Å². The number of nitrogens with one attached hydrogen (secondary N) is 1. The summed E-state index contributed by atoms with van der Waals surface area (Å²) >= 11 is 11.6.